The summed E-state index contributed by atoms with van der Waals surface area (Å²) < 4.78 is 11.4. The van der Waals surface area contributed by atoms with Crippen molar-refractivity contribution in [2.45, 2.75) is 57.5 Å². The molecule has 144 valence electrons. The van der Waals surface area contributed by atoms with E-state index in [2.05, 4.69) is 18.2 Å². The van der Waals surface area contributed by atoms with Crippen molar-refractivity contribution in [2.75, 3.05) is 7.11 Å². The third kappa shape index (κ3) is 2.48. The summed E-state index contributed by atoms with van der Waals surface area (Å²) in [5.41, 5.74) is 2.65. The molecule has 5 rings (SSSR count). The average molecular weight is 368 g/mol. The summed E-state index contributed by atoms with van der Waals surface area (Å²) >= 11 is 0. The van der Waals surface area contributed by atoms with Gasteiger partial charge in [0.15, 0.2) is 0 Å². The van der Waals surface area contributed by atoms with Gasteiger partial charge < -0.3 is 9.47 Å². The van der Waals surface area contributed by atoms with Crippen LogP contribution >= 0.6 is 0 Å². The van der Waals surface area contributed by atoms with Crippen LogP contribution in [-0.2, 0) is 19.1 Å². The second-order valence-corrected chi connectivity index (χ2v) is 9.05. The molecule has 27 heavy (non-hydrogen) atoms. The number of ketones is 1. The lowest BCUT2D eigenvalue weighted by Gasteiger charge is -2.44. The molecule has 6 atom stereocenters. The van der Waals surface area contributed by atoms with Gasteiger partial charge in [0.05, 0.1) is 12.9 Å². The lowest BCUT2D eigenvalue weighted by molar-refractivity contribution is -0.154. The first-order valence-corrected chi connectivity index (χ1v) is 10.4. The minimum Gasteiger partial charge on any atom is -0.501 e. The smallest absolute Gasteiger partial charge is 0.317 e. The minimum absolute atomic E-state index is 0.0412. The van der Waals surface area contributed by atoms with E-state index in [4.69, 9.17) is 9.47 Å². The van der Waals surface area contributed by atoms with Gasteiger partial charge in [0.25, 0.3) is 0 Å². The number of hydrogen-bond acceptors (Lipinski definition) is 4. The lowest BCUT2D eigenvalue weighted by Crippen LogP contribution is -2.40. The quantitative estimate of drug-likeness (QED) is 0.418. The molecule has 1 saturated heterocycles. The maximum Gasteiger partial charge on any atom is 0.317 e. The maximum absolute atomic E-state index is 12.3. The zero-order chi connectivity index (χ0) is 18.8. The number of rotatable bonds is 2. The molecule has 0 N–H and O–H groups in total. The van der Waals surface area contributed by atoms with Crippen LogP contribution in [0.5, 0.6) is 0 Å². The highest BCUT2D eigenvalue weighted by Gasteiger charge is 2.60. The Morgan fingerprint density at radius 2 is 2.11 bits per heavy atom. The first-order valence-electron chi connectivity index (χ1n) is 10.4. The zero-order valence-corrected chi connectivity index (χ0v) is 16.2. The van der Waals surface area contributed by atoms with Gasteiger partial charge in [-0.05, 0) is 62.5 Å². The van der Waals surface area contributed by atoms with Crippen LogP contribution in [0.25, 0.3) is 0 Å². The average Bonchev–Trinajstić information content (AvgIpc) is 3.21. The van der Waals surface area contributed by atoms with Gasteiger partial charge in [-0.2, -0.15) is 0 Å². The molecule has 0 bridgehead atoms. The first kappa shape index (κ1) is 17.3. The Labute approximate surface area is 160 Å². The number of Topliss-reactive ketones (excluding diaryl/α,β-unsaturated/α-hetero) is 1. The zero-order valence-electron chi connectivity index (χ0n) is 16.2. The Kier molecular flexibility index (Phi) is 3.89. The van der Waals surface area contributed by atoms with Crippen molar-refractivity contribution in [3.63, 3.8) is 0 Å². The standard InChI is InChI=1S/C23H28O4/c1-13(24)20-12-23(27-22(20)25)10-9-19-18-5-3-14-11-15(26-2)4-6-16(14)17(18)7-8-21(19)23/h3,7,11,16,18-21H,4-6,8-10,12H2,1-2H3/t16?,18?,19?,20?,21?,23-/m1/s1. The fourth-order valence-electron chi connectivity index (χ4n) is 6.66. The molecule has 0 amide bonds. The molecule has 4 aliphatic carbocycles. The molecule has 1 spiro atoms. The van der Waals surface area contributed by atoms with E-state index in [1.807, 2.05) is 0 Å². The normalized spacial score (nSPS) is 42.4. The number of allylic oxidation sites excluding steroid dienone is 6. The highest BCUT2D eigenvalue weighted by atomic mass is 16.6. The number of esters is 1. The van der Waals surface area contributed by atoms with Gasteiger partial charge in [-0.1, -0.05) is 17.7 Å². The van der Waals surface area contributed by atoms with Gasteiger partial charge in [0.2, 0.25) is 0 Å². The Balaban J connectivity index is 1.42. The SMILES string of the molecule is COC1=CC2=CCC3C(=CCC4C3CC[C@@]43CC(C(C)=O)C(=O)O3)C2CC1. The van der Waals surface area contributed by atoms with E-state index >= 15 is 0 Å². The molecule has 0 aromatic carbocycles. The molecule has 0 aromatic rings. The lowest BCUT2D eigenvalue weighted by atomic mass is 9.61. The van der Waals surface area contributed by atoms with Crippen LogP contribution in [-0.4, -0.2) is 24.5 Å². The molecule has 1 heterocycles. The van der Waals surface area contributed by atoms with Crippen LogP contribution in [0.4, 0.5) is 0 Å². The van der Waals surface area contributed by atoms with Gasteiger partial charge in [-0.15, -0.1) is 0 Å². The minimum atomic E-state index is -0.539. The van der Waals surface area contributed by atoms with Crippen molar-refractivity contribution in [1.29, 1.82) is 0 Å². The van der Waals surface area contributed by atoms with E-state index in [1.165, 1.54) is 12.5 Å². The fraction of sp³-hybridized carbons (Fsp3) is 0.652. The highest BCUT2D eigenvalue weighted by Crippen LogP contribution is 2.60. The molecule has 0 radical (unpaired) electrons. The van der Waals surface area contributed by atoms with Crippen molar-refractivity contribution in [1.82, 2.24) is 0 Å². The molecule has 1 aliphatic heterocycles. The van der Waals surface area contributed by atoms with Crippen LogP contribution in [0.1, 0.15) is 51.9 Å². The number of carbonyl (C=O) groups is 2. The molecular weight excluding hydrogens is 340 g/mol. The molecule has 5 unspecified atom stereocenters. The largest absolute Gasteiger partial charge is 0.501 e. The van der Waals surface area contributed by atoms with Crippen LogP contribution in [0.15, 0.2) is 35.1 Å². The Morgan fingerprint density at radius 1 is 1.26 bits per heavy atom. The van der Waals surface area contributed by atoms with E-state index in [0.717, 1.165) is 44.3 Å². The van der Waals surface area contributed by atoms with Crippen molar-refractivity contribution in [2.24, 2.45) is 29.6 Å². The summed E-state index contributed by atoms with van der Waals surface area (Å²) in [6.45, 7) is 1.52. The molecule has 1 saturated carbocycles. The van der Waals surface area contributed by atoms with Crippen LogP contribution in [0.2, 0.25) is 0 Å². The predicted molar refractivity (Wildman–Crippen MR) is 101 cm³/mol. The van der Waals surface area contributed by atoms with E-state index in [1.54, 1.807) is 12.7 Å². The Hall–Kier alpha value is -1.84. The number of hydrogen-bond donors (Lipinski definition) is 0. The van der Waals surface area contributed by atoms with Crippen LogP contribution in [0.3, 0.4) is 0 Å². The summed E-state index contributed by atoms with van der Waals surface area (Å²) in [5.74, 6) is 2.30. The van der Waals surface area contributed by atoms with Crippen molar-refractivity contribution in [3.8, 4) is 0 Å². The Morgan fingerprint density at radius 3 is 2.85 bits per heavy atom. The van der Waals surface area contributed by atoms with Gasteiger partial charge in [-0.3, -0.25) is 9.59 Å². The van der Waals surface area contributed by atoms with Crippen molar-refractivity contribution < 1.29 is 19.1 Å². The topological polar surface area (TPSA) is 52.6 Å². The third-order valence-corrected chi connectivity index (χ3v) is 7.96. The van der Waals surface area contributed by atoms with Gasteiger partial charge in [0.1, 0.15) is 17.3 Å². The first-order chi connectivity index (χ1) is 13.0. The molecule has 2 fully saturated rings. The van der Waals surface area contributed by atoms with E-state index in [9.17, 15) is 9.59 Å². The molecular formula is C23H28O4. The van der Waals surface area contributed by atoms with Crippen LogP contribution in [0, 0.1) is 29.6 Å². The number of carbonyl (C=O) groups excluding carboxylic acids is 2. The second kappa shape index (κ2) is 6.08. The Bertz CT molecular complexity index is 788. The molecule has 4 nitrogen and oxygen atoms in total. The molecule has 4 heteroatoms. The monoisotopic (exact) mass is 368 g/mol. The molecule has 0 aromatic heterocycles. The summed E-state index contributed by atoms with van der Waals surface area (Å²) in [7, 11) is 1.76. The number of methoxy groups -OCH3 is 1. The highest BCUT2D eigenvalue weighted by molar-refractivity contribution is 5.99. The van der Waals surface area contributed by atoms with Gasteiger partial charge in [0, 0.05) is 24.7 Å². The number of ether oxygens (including phenoxy) is 2. The van der Waals surface area contributed by atoms with Crippen molar-refractivity contribution in [3.05, 3.63) is 35.1 Å². The predicted octanol–water partition coefficient (Wildman–Crippen LogP) is 4.12. The van der Waals surface area contributed by atoms with E-state index < -0.39 is 5.92 Å². The summed E-state index contributed by atoms with van der Waals surface area (Å²) in [4.78, 5) is 24.2. The molecule has 5 aliphatic rings. The second-order valence-electron chi connectivity index (χ2n) is 9.05. The van der Waals surface area contributed by atoms with Gasteiger partial charge >= 0.3 is 5.97 Å². The number of fused-ring (bicyclic) bond motifs is 6. The van der Waals surface area contributed by atoms with E-state index in [0.29, 0.717) is 30.1 Å². The third-order valence-electron chi connectivity index (χ3n) is 7.96. The van der Waals surface area contributed by atoms with Gasteiger partial charge in [-0.25, -0.2) is 0 Å². The van der Waals surface area contributed by atoms with Crippen LogP contribution < -0.4 is 0 Å². The van der Waals surface area contributed by atoms with E-state index in [-0.39, 0.29) is 17.4 Å². The summed E-state index contributed by atoms with van der Waals surface area (Å²) in [6.07, 6.45) is 14.0. The summed E-state index contributed by atoms with van der Waals surface area (Å²) in [6, 6.07) is 0. The summed E-state index contributed by atoms with van der Waals surface area (Å²) in [5, 5.41) is 0. The fourth-order valence-corrected chi connectivity index (χ4v) is 6.66. The van der Waals surface area contributed by atoms with Crippen molar-refractivity contribution >= 4 is 11.8 Å². The maximum atomic E-state index is 12.3.